The minimum atomic E-state index is -0.558. The van der Waals surface area contributed by atoms with Crippen LogP contribution in [0.3, 0.4) is 0 Å². The first-order valence-corrected chi connectivity index (χ1v) is 3.75. The molecule has 70 valence electrons. The zero-order chi connectivity index (χ0) is 9.78. The Kier molecular flexibility index (Phi) is 3.73. The van der Waals surface area contributed by atoms with E-state index >= 15 is 0 Å². The Morgan fingerprint density at radius 2 is 1.83 bits per heavy atom. The molecule has 0 saturated heterocycles. The fourth-order valence-electron chi connectivity index (χ4n) is 0.509. The van der Waals surface area contributed by atoms with Gasteiger partial charge >= 0.3 is 6.09 Å². The van der Waals surface area contributed by atoms with Crippen LogP contribution >= 0.6 is 0 Å². The first-order valence-electron chi connectivity index (χ1n) is 3.75. The van der Waals surface area contributed by atoms with Gasteiger partial charge < -0.3 is 10.1 Å². The molecule has 0 bridgehead atoms. The number of hydrogen-bond acceptors (Lipinski definition) is 3. The molecule has 0 aliphatic heterocycles. The number of ether oxygens (including phenoxy) is 1. The molecule has 0 saturated carbocycles. The third kappa shape index (κ3) is 7.05. The maximum Gasteiger partial charge on any atom is 0.407 e. The number of amides is 1. The van der Waals surface area contributed by atoms with Crippen molar-refractivity contribution in [2.24, 2.45) is 0 Å². The van der Waals surface area contributed by atoms with Gasteiger partial charge in [0.2, 0.25) is 0 Å². The monoisotopic (exact) mass is 173 g/mol. The molecule has 1 N–H and O–H groups in total. The first-order chi connectivity index (χ1) is 5.31. The Labute approximate surface area is 72.3 Å². The molecule has 0 rings (SSSR count). The van der Waals surface area contributed by atoms with Crippen LogP contribution in [-0.4, -0.2) is 24.0 Å². The van der Waals surface area contributed by atoms with Gasteiger partial charge in [0.05, 0.1) is 0 Å². The number of rotatable bonds is 2. The van der Waals surface area contributed by atoms with Crippen LogP contribution in [0.1, 0.15) is 27.7 Å². The summed E-state index contributed by atoms with van der Waals surface area (Å²) >= 11 is 0. The molecular weight excluding hydrogens is 158 g/mol. The second-order valence-electron chi connectivity index (χ2n) is 3.65. The quantitative estimate of drug-likeness (QED) is 0.680. The van der Waals surface area contributed by atoms with Crippen LogP contribution in [0.25, 0.3) is 0 Å². The van der Waals surface area contributed by atoms with Gasteiger partial charge in [-0.3, -0.25) is 4.79 Å². The topological polar surface area (TPSA) is 55.4 Å². The molecule has 0 heterocycles. The van der Waals surface area contributed by atoms with Crippen LogP contribution in [0.5, 0.6) is 0 Å². The van der Waals surface area contributed by atoms with E-state index in [9.17, 15) is 9.59 Å². The molecule has 12 heavy (non-hydrogen) atoms. The lowest BCUT2D eigenvalue weighted by molar-refractivity contribution is -0.119. The molecule has 4 heteroatoms. The molecule has 0 aliphatic carbocycles. The van der Waals surface area contributed by atoms with Gasteiger partial charge in [-0.2, -0.15) is 0 Å². The Hall–Kier alpha value is -1.06. The average Bonchev–Trinajstić information content (AvgIpc) is 1.79. The normalized spacial score (nSPS) is 10.7. The highest BCUT2D eigenvalue weighted by atomic mass is 16.6. The molecule has 4 nitrogen and oxygen atoms in total. The second kappa shape index (κ2) is 4.09. The lowest BCUT2D eigenvalue weighted by Gasteiger charge is -2.19. The van der Waals surface area contributed by atoms with Crippen molar-refractivity contribution in [3.05, 3.63) is 0 Å². The Bertz CT molecular complexity index is 181. The average molecular weight is 173 g/mol. The fourth-order valence-corrected chi connectivity index (χ4v) is 0.509. The molecular formula is C8H15NO3. The van der Waals surface area contributed by atoms with Crippen LogP contribution in [0.4, 0.5) is 4.79 Å². The minimum Gasteiger partial charge on any atom is -0.442 e. The van der Waals surface area contributed by atoms with Gasteiger partial charge in [-0.25, -0.2) is 4.79 Å². The summed E-state index contributed by atoms with van der Waals surface area (Å²) < 4.78 is 4.58. The Morgan fingerprint density at radius 1 is 1.33 bits per heavy atom. The predicted octanol–water partition coefficient (Wildman–Crippen LogP) is 1.10. The maximum atomic E-state index is 10.9. The number of hydrogen-bond donors (Lipinski definition) is 1. The van der Waals surface area contributed by atoms with Crippen molar-refractivity contribution in [1.29, 1.82) is 0 Å². The summed E-state index contributed by atoms with van der Waals surface area (Å²) in [6, 6.07) is 0. The standard InChI is InChI=1S/C8H15NO3/c1-6(10)5-12-7(11)9-8(2,3)4/h5H2,1-4H3,(H,9,11). The van der Waals surface area contributed by atoms with E-state index < -0.39 is 6.09 Å². The van der Waals surface area contributed by atoms with E-state index in [0.717, 1.165) is 0 Å². The highest BCUT2D eigenvalue weighted by Crippen LogP contribution is 1.98. The minimum absolute atomic E-state index is 0.165. The van der Waals surface area contributed by atoms with Crippen molar-refractivity contribution in [1.82, 2.24) is 5.32 Å². The van der Waals surface area contributed by atoms with Crippen molar-refractivity contribution in [3.8, 4) is 0 Å². The molecule has 0 aromatic heterocycles. The third-order valence-corrected chi connectivity index (χ3v) is 0.884. The number of carbonyl (C=O) groups is 2. The summed E-state index contributed by atoms with van der Waals surface area (Å²) in [7, 11) is 0. The Balaban J connectivity index is 3.68. The molecule has 0 aromatic rings. The molecule has 0 unspecified atom stereocenters. The van der Waals surface area contributed by atoms with E-state index in [1.54, 1.807) is 0 Å². The van der Waals surface area contributed by atoms with Crippen LogP contribution < -0.4 is 5.32 Å². The predicted molar refractivity (Wildman–Crippen MR) is 44.9 cm³/mol. The molecule has 0 aliphatic rings. The van der Waals surface area contributed by atoms with E-state index in [0.29, 0.717) is 0 Å². The second-order valence-corrected chi connectivity index (χ2v) is 3.65. The highest BCUT2D eigenvalue weighted by Gasteiger charge is 2.14. The maximum absolute atomic E-state index is 10.9. The van der Waals surface area contributed by atoms with E-state index in [1.807, 2.05) is 20.8 Å². The van der Waals surface area contributed by atoms with Crippen LogP contribution in [0.2, 0.25) is 0 Å². The highest BCUT2D eigenvalue weighted by molar-refractivity contribution is 5.79. The van der Waals surface area contributed by atoms with Gasteiger partial charge in [-0.1, -0.05) is 0 Å². The zero-order valence-electron chi connectivity index (χ0n) is 7.93. The molecule has 0 aromatic carbocycles. The molecule has 1 amide bonds. The number of ketones is 1. The van der Waals surface area contributed by atoms with E-state index in [1.165, 1.54) is 6.92 Å². The van der Waals surface area contributed by atoms with Gasteiger partial charge in [-0.05, 0) is 27.7 Å². The smallest absolute Gasteiger partial charge is 0.407 e. The third-order valence-electron chi connectivity index (χ3n) is 0.884. The summed E-state index contributed by atoms with van der Waals surface area (Å²) in [6.07, 6.45) is -0.558. The number of carbonyl (C=O) groups excluding carboxylic acids is 2. The zero-order valence-corrected chi connectivity index (χ0v) is 7.93. The van der Waals surface area contributed by atoms with Gasteiger partial charge in [-0.15, -0.1) is 0 Å². The molecule has 0 atom stereocenters. The van der Waals surface area contributed by atoms with Gasteiger partial charge in [0, 0.05) is 5.54 Å². The van der Waals surface area contributed by atoms with Crippen LogP contribution in [-0.2, 0) is 9.53 Å². The van der Waals surface area contributed by atoms with Crippen LogP contribution in [0.15, 0.2) is 0 Å². The first kappa shape index (κ1) is 10.9. The SMILES string of the molecule is CC(=O)COC(=O)NC(C)(C)C. The molecule has 0 spiro atoms. The van der Waals surface area contributed by atoms with E-state index in [-0.39, 0.29) is 17.9 Å². The van der Waals surface area contributed by atoms with Gasteiger partial charge in [0.1, 0.15) is 0 Å². The van der Waals surface area contributed by atoms with Crippen molar-refractivity contribution in [2.45, 2.75) is 33.2 Å². The van der Waals surface area contributed by atoms with Gasteiger partial charge in [0.25, 0.3) is 0 Å². The molecule has 0 fully saturated rings. The summed E-state index contributed by atoms with van der Waals surface area (Å²) in [4.78, 5) is 21.3. The van der Waals surface area contributed by atoms with Crippen LogP contribution in [0, 0.1) is 0 Å². The number of nitrogens with one attached hydrogen (secondary N) is 1. The summed E-state index contributed by atoms with van der Waals surface area (Å²) in [5.41, 5.74) is -0.326. The van der Waals surface area contributed by atoms with E-state index in [2.05, 4.69) is 10.1 Å². The summed E-state index contributed by atoms with van der Waals surface area (Å²) in [5.74, 6) is -0.168. The van der Waals surface area contributed by atoms with E-state index in [4.69, 9.17) is 0 Å². The number of alkyl carbamates (subject to hydrolysis) is 1. The van der Waals surface area contributed by atoms with Crippen molar-refractivity contribution >= 4 is 11.9 Å². The lowest BCUT2D eigenvalue weighted by Crippen LogP contribution is -2.41. The van der Waals surface area contributed by atoms with Crippen molar-refractivity contribution in [2.75, 3.05) is 6.61 Å². The Morgan fingerprint density at radius 3 is 2.17 bits per heavy atom. The summed E-state index contributed by atoms with van der Waals surface area (Å²) in [6.45, 7) is 6.71. The van der Waals surface area contributed by atoms with Crippen molar-refractivity contribution in [3.63, 3.8) is 0 Å². The fraction of sp³-hybridized carbons (Fsp3) is 0.750. The molecule has 0 radical (unpaired) electrons. The summed E-state index contributed by atoms with van der Waals surface area (Å²) in [5, 5.41) is 2.56. The van der Waals surface area contributed by atoms with Crippen molar-refractivity contribution < 1.29 is 14.3 Å². The lowest BCUT2D eigenvalue weighted by atomic mass is 10.1. The number of Topliss-reactive ketones (excluding diaryl/α,β-unsaturated/α-hetero) is 1. The largest absolute Gasteiger partial charge is 0.442 e. The van der Waals surface area contributed by atoms with Gasteiger partial charge in [0.15, 0.2) is 12.4 Å².